The van der Waals surface area contributed by atoms with Crippen molar-refractivity contribution in [2.45, 2.75) is 52.3 Å². The maximum atomic E-state index is 12.7. The van der Waals surface area contributed by atoms with Crippen molar-refractivity contribution < 1.29 is 9.53 Å². The van der Waals surface area contributed by atoms with Crippen molar-refractivity contribution in [3.63, 3.8) is 0 Å². The molecule has 1 amide bonds. The van der Waals surface area contributed by atoms with Crippen LogP contribution in [0.15, 0.2) is 30.9 Å². The van der Waals surface area contributed by atoms with Crippen LogP contribution in [0.1, 0.15) is 34.6 Å². The summed E-state index contributed by atoms with van der Waals surface area (Å²) < 4.78 is 8.56. The Morgan fingerprint density at radius 3 is 2.62 bits per heavy atom. The molecule has 0 bridgehead atoms. The van der Waals surface area contributed by atoms with Crippen LogP contribution in [0.3, 0.4) is 0 Å². The van der Waals surface area contributed by atoms with Crippen molar-refractivity contribution in [1.29, 1.82) is 0 Å². The molecule has 10 heteroatoms. The molecule has 3 aromatic rings. The number of rotatable bonds is 2. The van der Waals surface area contributed by atoms with E-state index in [0.29, 0.717) is 23.9 Å². The van der Waals surface area contributed by atoms with E-state index in [2.05, 4.69) is 49.4 Å². The first-order valence-corrected chi connectivity index (χ1v) is 11.9. The number of carbonyl (C=O) groups is 1. The SMILES string of the molecule is CC1CN(c2ncnc3c2c(I)cn3-c2cc(Cl)ccn2)C(C)CN1C(=O)OC(C)(C)C. The van der Waals surface area contributed by atoms with Gasteiger partial charge in [0.1, 0.15) is 23.6 Å². The lowest BCUT2D eigenvalue weighted by Gasteiger charge is -2.44. The Bertz CT molecular complexity index is 1160. The number of amides is 1. The standard InChI is InChI=1S/C22H26ClIN6O2/c1-13-10-29(21(31)32-22(3,4)5)14(2)9-28(13)19-18-16(24)11-30(20(18)27-12-26-19)17-8-15(23)6-7-25-17/h6-8,11-14H,9-10H2,1-5H3. The summed E-state index contributed by atoms with van der Waals surface area (Å²) in [5.74, 6) is 1.55. The van der Waals surface area contributed by atoms with Crippen molar-refractivity contribution in [3.05, 3.63) is 39.4 Å². The molecular weight excluding hydrogens is 543 g/mol. The highest BCUT2D eigenvalue weighted by molar-refractivity contribution is 14.1. The lowest BCUT2D eigenvalue weighted by atomic mass is 10.1. The summed E-state index contributed by atoms with van der Waals surface area (Å²) in [7, 11) is 0. The molecule has 0 radical (unpaired) electrons. The van der Waals surface area contributed by atoms with Gasteiger partial charge in [0.2, 0.25) is 0 Å². The van der Waals surface area contributed by atoms with Gasteiger partial charge in [-0.3, -0.25) is 4.57 Å². The Labute approximate surface area is 206 Å². The molecular formula is C22H26ClIN6O2. The van der Waals surface area contributed by atoms with E-state index in [1.807, 2.05) is 44.5 Å². The lowest BCUT2D eigenvalue weighted by molar-refractivity contribution is 0.0130. The monoisotopic (exact) mass is 568 g/mol. The molecule has 2 atom stereocenters. The Balaban J connectivity index is 1.68. The largest absolute Gasteiger partial charge is 0.444 e. The van der Waals surface area contributed by atoms with Crippen LogP contribution in [0.2, 0.25) is 5.02 Å². The Hall–Kier alpha value is -2.14. The van der Waals surface area contributed by atoms with Gasteiger partial charge in [0.15, 0.2) is 5.65 Å². The maximum absolute atomic E-state index is 12.7. The number of hydrogen-bond donors (Lipinski definition) is 0. The van der Waals surface area contributed by atoms with Crippen LogP contribution < -0.4 is 4.90 Å². The molecule has 8 nitrogen and oxygen atoms in total. The van der Waals surface area contributed by atoms with Gasteiger partial charge in [-0.05, 0) is 63.3 Å². The molecule has 32 heavy (non-hydrogen) atoms. The van der Waals surface area contributed by atoms with Gasteiger partial charge in [-0.15, -0.1) is 0 Å². The Kier molecular flexibility index (Phi) is 6.23. The van der Waals surface area contributed by atoms with Crippen LogP contribution in [-0.2, 0) is 4.74 Å². The average Bonchev–Trinajstić information content (AvgIpc) is 3.05. The molecule has 1 aliphatic heterocycles. The van der Waals surface area contributed by atoms with Crippen LogP contribution in [0.25, 0.3) is 16.9 Å². The molecule has 0 aliphatic carbocycles. The number of fused-ring (bicyclic) bond motifs is 1. The van der Waals surface area contributed by atoms with E-state index in [1.165, 1.54) is 0 Å². The highest BCUT2D eigenvalue weighted by atomic mass is 127. The molecule has 1 aliphatic rings. The fourth-order valence-electron chi connectivity index (χ4n) is 3.92. The molecule has 3 aromatic heterocycles. The van der Waals surface area contributed by atoms with E-state index in [1.54, 1.807) is 23.5 Å². The van der Waals surface area contributed by atoms with Crippen LogP contribution >= 0.6 is 34.2 Å². The second-order valence-corrected chi connectivity index (χ2v) is 10.7. The predicted octanol–water partition coefficient (Wildman–Crippen LogP) is 4.91. The van der Waals surface area contributed by atoms with Gasteiger partial charge in [0, 0.05) is 52.2 Å². The smallest absolute Gasteiger partial charge is 0.410 e. The summed E-state index contributed by atoms with van der Waals surface area (Å²) >= 11 is 8.49. The van der Waals surface area contributed by atoms with E-state index < -0.39 is 5.60 Å². The van der Waals surface area contributed by atoms with Gasteiger partial charge in [0.25, 0.3) is 0 Å². The second-order valence-electron chi connectivity index (χ2n) is 9.06. The summed E-state index contributed by atoms with van der Waals surface area (Å²) in [5, 5.41) is 1.57. The molecule has 0 N–H and O–H groups in total. The Morgan fingerprint density at radius 1 is 1.19 bits per heavy atom. The topological polar surface area (TPSA) is 76.4 Å². The zero-order chi connectivity index (χ0) is 23.2. The molecule has 170 valence electrons. The lowest BCUT2D eigenvalue weighted by Crippen LogP contribution is -2.59. The number of piperazine rings is 1. The van der Waals surface area contributed by atoms with Crippen molar-refractivity contribution >= 4 is 57.1 Å². The van der Waals surface area contributed by atoms with Gasteiger partial charge in [0.05, 0.1) is 5.39 Å². The molecule has 4 rings (SSSR count). The van der Waals surface area contributed by atoms with E-state index in [0.717, 1.165) is 20.4 Å². The van der Waals surface area contributed by atoms with E-state index >= 15 is 0 Å². The number of halogens is 2. The first-order chi connectivity index (χ1) is 15.0. The third-order valence-electron chi connectivity index (χ3n) is 5.36. The minimum absolute atomic E-state index is 0.0274. The molecule has 1 fully saturated rings. The number of ether oxygens (including phenoxy) is 1. The van der Waals surface area contributed by atoms with Gasteiger partial charge < -0.3 is 14.5 Å². The van der Waals surface area contributed by atoms with E-state index in [9.17, 15) is 4.79 Å². The fourth-order valence-corrected chi connectivity index (χ4v) is 4.83. The summed E-state index contributed by atoms with van der Waals surface area (Å²) in [6, 6.07) is 3.58. The highest BCUT2D eigenvalue weighted by Gasteiger charge is 2.36. The number of pyridine rings is 1. The van der Waals surface area contributed by atoms with E-state index in [4.69, 9.17) is 16.3 Å². The van der Waals surface area contributed by atoms with Crippen LogP contribution in [-0.4, -0.2) is 61.3 Å². The predicted molar refractivity (Wildman–Crippen MR) is 134 cm³/mol. The number of hydrogen-bond acceptors (Lipinski definition) is 6. The molecule has 2 unspecified atom stereocenters. The van der Waals surface area contributed by atoms with Crippen LogP contribution in [0.4, 0.5) is 10.6 Å². The van der Waals surface area contributed by atoms with Crippen LogP contribution in [0, 0.1) is 3.57 Å². The maximum Gasteiger partial charge on any atom is 0.410 e. The molecule has 0 aromatic carbocycles. The molecule has 1 saturated heterocycles. The summed E-state index contributed by atoms with van der Waals surface area (Å²) in [4.78, 5) is 30.4. The zero-order valence-electron chi connectivity index (χ0n) is 18.7. The minimum Gasteiger partial charge on any atom is -0.444 e. The second kappa shape index (κ2) is 8.66. The van der Waals surface area contributed by atoms with E-state index in [-0.39, 0.29) is 18.2 Å². The van der Waals surface area contributed by atoms with Gasteiger partial charge in [-0.25, -0.2) is 19.7 Å². The van der Waals surface area contributed by atoms with Crippen molar-refractivity contribution in [2.75, 3.05) is 18.0 Å². The summed E-state index contributed by atoms with van der Waals surface area (Å²) in [6.45, 7) is 11.0. The minimum atomic E-state index is -0.524. The van der Waals surface area contributed by atoms with Gasteiger partial charge in [-0.2, -0.15) is 0 Å². The summed E-state index contributed by atoms with van der Waals surface area (Å²) in [6.07, 6.45) is 4.97. The molecule has 4 heterocycles. The molecule has 0 spiro atoms. The van der Waals surface area contributed by atoms with Crippen molar-refractivity contribution in [2.24, 2.45) is 0 Å². The normalized spacial score (nSPS) is 19.5. The average molecular weight is 569 g/mol. The zero-order valence-corrected chi connectivity index (χ0v) is 21.6. The Morgan fingerprint density at radius 2 is 1.94 bits per heavy atom. The third-order valence-corrected chi connectivity index (χ3v) is 6.41. The van der Waals surface area contributed by atoms with Gasteiger partial charge in [-0.1, -0.05) is 11.6 Å². The first kappa shape index (κ1) is 23.0. The highest BCUT2D eigenvalue weighted by Crippen LogP contribution is 2.34. The van der Waals surface area contributed by atoms with Crippen molar-refractivity contribution in [1.82, 2.24) is 24.4 Å². The summed E-state index contributed by atoms with van der Waals surface area (Å²) in [5.41, 5.74) is 0.243. The number of aromatic nitrogens is 4. The first-order valence-electron chi connectivity index (χ1n) is 10.4. The fraction of sp³-hybridized carbons (Fsp3) is 0.455. The molecule has 0 saturated carbocycles. The quantitative estimate of drug-likeness (QED) is 0.409. The number of nitrogens with zero attached hydrogens (tertiary/aromatic N) is 6. The number of anilines is 1. The van der Waals surface area contributed by atoms with Crippen LogP contribution in [0.5, 0.6) is 0 Å². The number of carbonyl (C=O) groups excluding carboxylic acids is 1. The van der Waals surface area contributed by atoms with Gasteiger partial charge >= 0.3 is 6.09 Å². The van der Waals surface area contributed by atoms with Crippen molar-refractivity contribution in [3.8, 4) is 5.82 Å². The third kappa shape index (κ3) is 4.50.